The summed E-state index contributed by atoms with van der Waals surface area (Å²) in [7, 11) is 4.04. The zero-order valence-electron chi connectivity index (χ0n) is 12.0. The summed E-state index contributed by atoms with van der Waals surface area (Å²) in [5, 5.41) is 3.50. The molecule has 3 rings (SSSR count). The SMILES string of the molecule is CNC1CC2CCCC(C1)N2CC1(OC)CCC1. The van der Waals surface area contributed by atoms with E-state index in [1.807, 2.05) is 7.11 Å². The number of hydrogen-bond acceptors (Lipinski definition) is 3. The van der Waals surface area contributed by atoms with Gasteiger partial charge in [0.2, 0.25) is 0 Å². The van der Waals surface area contributed by atoms with Crippen LogP contribution in [0.15, 0.2) is 0 Å². The van der Waals surface area contributed by atoms with Crippen LogP contribution in [-0.2, 0) is 4.74 Å². The van der Waals surface area contributed by atoms with E-state index in [2.05, 4.69) is 17.3 Å². The molecule has 0 aromatic carbocycles. The first kappa shape index (κ1) is 12.9. The standard InChI is InChI=1S/C15H28N2O/c1-16-12-9-13-5-3-6-14(10-12)17(13)11-15(18-2)7-4-8-15/h12-14,16H,3-11H2,1-2H3. The van der Waals surface area contributed by atoms with Gasteiger partial charge in [0.1, 0.15) is 0 Å². The van der Waals surface area contributed by atoms with E-state index >= 15 is 0 Å². The molecule has 1 aliphatic carbocycles. The van der Waals surface area contributed by atoms with Crippen LogP contribution >= 0.6 is 0 Å². The van der Waals surface area contributed by atoms with Crippen LogP contribution in [0.25, 0.3) is 0 Å². The van der Waals surface area contributed by atoms with Crippen LogP contribution in [0.2, 0.25) is 0 Å². The second-order valence-electron chi connectivity index (χ2n) is 6.61. The van der Waals surface area contributed by atoms with E-state index in [4.69, 9.17) is 4.74 Å². The zero-order valence-corrected chi connectivity index (χ0v) is 12.0. The Kier molecular flexibility index (Phi) is 3.65. The van der Waals surface area contributed by atoms with Gasteiger partial charge in [0, 0.05) is 31.8 Å². The Balaban J connectivity index is 1.68. The minimum absolute atomic E-state index is 0.209. The van der Waals surface area contributed by atoms with Gasteiger partial charge in [-0.15, -0.1) is 0 Å². The quantitative estimate of drug-likeness (QED) is 0.830. The van der Waals surface area contributed by atoms with Crippen molar-refractivity contribution in [2.24, 2.45) is 0 Å². The molecule has 3 nitrogen and oxygen atoms in total. The highest BCUT2D eigenvalue weighted by molar-refractivity contribution is 5.00. The van der Waals surface area contributed by atoms with Crippen molar-refractivity contribution >= 4 is 0 Å². The van der Waals surface area contributed by atoms with Crippen molar-refractivity contribution < 1.29 is 4.74 Å². The van der Waals surface area contributed by atoms with E-state index in [-0.39, 0.29) is 5.60 Å². The van der Waals surface area contributed by atoms with E-state index < -0.39 is 0 Å². The largest absolute Gasteiger partial charge is 0.377 e. The molecule has 1 saturated carbocycles. The molecule has 2 unspecified atom stereocenters. The molecule has 0 aromatic rings. The number of ether oxygens (including phenoxy) is 1. The molecule has 3 heteroatoms. The minimum Gasteiger partial charge on any atom is -0.377 e. The fraction of sp³-hybridized carbons (Fsp3) is 1.00. The topological polar surface area (TPSA) is 24.5 Å². The summed E-state index contributed by atoms with van der Waals surface area (Å²) >= 11 is 0. The molecular weight excluding hydrogens is 224 g/mol. The number of fused-ring (bicyclic) bond motifs is 2. The third kappa shape index (κ3) is 2.21. The summed E-state index contributed by atoms with van der Waals surface area (Å²) in [6.45, 7) is 1.19. The van der Waals surface area contributed by atoms with Gasteiger partial charge in [-0.3, -0.25) is 4.90 Å². The van der Waals surface area contributed by atoms with Gasteiger partial charge >= 0.3 is 0 Å². The van der Waals surface area contributed by atoms with Crippen molar-refractivity contribution in [2.45, 2.75) is 75.1 Å². The fourth-order valence-corrected chi connectivity index (χ4v) is 4.30. The van der Waals surface area contributed by atoms with Crippen LogP contribution in [0.4, 0.5) is 0 Å². The monoisotopic (exact) mass is 252 g/mol. The van der Waals surface area contributed by atoms with Gasteiger partial charge in [0.05, 0.1) is 5.60 Å². The lowest BCUT2D eigenvalue weighted by atomic mass is 9.76. The highest BCUT2D eigenvalue weighted by Gasteiger charge is 2.45. The maximum Gasteiger partial charge on any atom is 0.0805 e. The molecule has 104 valence electrons. The number of nitrogens with zero attached hydrogens (tertiary/aromatic N) is 1. The maximum atomic E-state index is 5.84. The molecule has 0 spiro atoms. The van der Waals surface area contributed by atoms with E-state index in [9.17, 15) is 0 Å². The molecule has 2 atom stereocenters. The minimum atomic E-state index is 0.209. The Morgan fingerprint density at radius 1 is 1.17 bits per heavy atom. The predicted octanol–water partition coefficient (Wildman–Crippen LogP) is 2.16. The second kappa shape index (κ2) is 5.10. The summed E-state index contributed by atoms with van der Waals surface area (Å²) in [5.41, 5.74) is 0.209. The fourth-order valence-electron chi connectivity index (χ4n) is 4.30. The summed E-state index contributed by atoms with van der Waals surface area (Å²) in [4.78, 5) is 2.81. The lowest BCUT2D eigenvalue weighted by molar-refractivity contribution is -0.118. The lowest BCUT2D eigenvalue weighted by Gasteiger charge is -2.53. The van der Waals surface area contributed by atoms with Crippen LogP contribution in [0.1, 0.15) is 51.4 Å². The molecule has 0 amide bonds. The average Bonchev–Trinajstić information content (AvgIpc) is 2.33. The van der Waals surface area contributed by atoms with Crippen molar-refractivity contribution in [3.05, 3.63) is 0 Å². The van der Waals surface area contributed by atoms with Crippen molar-refractivity contribution in [1.82, 2.24) is 10.2 Å². The molecule has 3 aliphatic rings. The van der Waals surface area contributed by atoms with Gasteiger partial charge in [-0.05, 0) is 52.0 Å². The Hall–Kier alpha value is -0.120. The van der Waals surface area contributed by atoms with Gasteiger partial charge in [-0.1, -0.05) is 6.42 Å². The number of nitrogens with one attached hydrogen (secondary N) is 1. The molecule has 3 fully saturated rings. The van der Waals surface area contributed by atoms with Crippen LogP contribution in [0.5, 0.6) is 0 Å². The Morgan fingerprint density at radius 2 is 1.83 bits per heavy atom. The molecule has 18 heavy (non-hydrogen) atoms. The zero-order chi connectivity index (χ0) is 12.6. The second-order valence-corrected chi connectivity index (χ2v) is 6.61. The third-order valence-corrected chi connectivity index (χ3v) is 5.70. The molecule has 1 N–H and O–H groups in total. The number of hydrogen-bond donors (Lipinski definition) is 1. The van der Waals surface area contributed by atoms with Gasteiger partial charge in [0.15, 0.2) is 0 Å². The smallest absolute Gasteiger partial charge is 0.0805 e. The van der Waals surface area contributed by atoms with E-state index in [1.54, 1.807) is 0 Å². The molecule has 2 heterocycles. The molecular formula is C15H28N2O. The summed E-state index contributed by atoms with van der Waals surface area (Å²) in [6, 6.07) is 2.36. The summed E-state index contributed by atoms with van der Waals surface area (Å²) in [5.74, 6) is 0. The number of methoxy groups -OCH3 is 1. The van der Waals surface area contributed by atoms with Gasteiger partial charge in [0.25, 0.3) is 0 Å². The lowest BCUT2D eigenvalue weighted by Crippen LogP contribution is -2.61. The van der Waals surface area contributed by atoms with Crippen LogP contribution in [0, 0.1) is 0 Å². The maximum absolute atomic E-state index is 5.84. The Labute approximate surface area is 111 Å². The Morgan fingerprint density at radius 3 is 2.28 bits per heavy atom. The molecule has 0 radical (unpaired) electrons. The number of rotatable bonds is 4. The Bertz CT molecular complexity index is 271. The highest BCUT2D eigenvalue weighted by Crippen LogP contribution is 2.41. The first-order valence-corrected chi connectivity index (χ1v) is 7.74. The van der Waals surface area contributed by atoms with E-state index in [0.717, 1.165) is 18.1 Å². The summed E-state index contributed by atoms with van der Waals surface area (Å²) < 4.78 is 5.84. The number of piperidine rings is 2. The van der Waals surface area contributed by atoms with Crippen LogP contribution in [0.3, 0.4) is 0 Å². The van der Waals surface area contributed by atoms with E-state index in [0.29, 0.717) is 0 Å². The highest BCUT2D eigenvalue weighted by atomic mass is 16.5. The van der Waals surface area contributed by atoms with Crippen LogP contribution < -0.4 is 5.32 Å². The van der Waals surface area contributed by atoms with Gasteiger partial charge in [-0.2, -0.15) is 0 Å². The predicted molar refractivity (Wildman–Crippen MR) is 73.8 cm³/mol. The van der Waals surface area contributed by atoms with Crippen LogP contribution in [-0.4, -0.2) is 49.3 Å². The molecule has 0 aromatic heterocycles. The third-order valence-electron chi connectivity index (χ3n) is 5.70. The van der Waals surface area contributed by atoms with Crippen molar-refractivity contribution in [2.75, 3.05) is 20.7 Å². The van der Waals surface area contributed by atoms with Gasteiger partial charge in [-0.25, -0.2) is 0 Å². The first-order chi connectivity index (χ1) is 8.76. The molecule has 2 bridgehead atoms. The average molecular weight is 252 g/mol. The normalized spacial score (nSPS) is 39.3. The summed E-state index contributed by atoms with van der Waals surface area (Å²) in [6.07, 6.45) is 10.8. The first-order valence-electron chi connectivity index (χ1n) is 7.74. The van der Waals surface area contributed by atoms with Crippen molar-refractivity contribution in [3.8, 4) is 0 Å². The van der Waals surface area contributed by atoms with Gasteiger partial charge < -0.3 is 10.1 Å². The van der Waals surface area contributed by atoms with E-state index in [1.165, 1.54) is 57.9 Å². The van der Waals surface area contributed by atoms with Crippen molar-refractivity contribution in [1.29, 1.82) is 0 Å². The van der Waals surface area contributed by atoms with Crippen molar-refractivity contribution in [3.63, 3.8) is 0 Å². The molecule has 2 saturated heterocycles. The molecule has 2 aliphatic heterocycles.